The summed E-state index contributed by atoms with van der Waals surface area (Å²) in [6.45, 7) is 6.76. The summed E-state index contributed by atoms with van der Waals surface area (Å²) >= 11 is 0. The van der Waals surface area contributed by atoms with Crippen molar-refractivity contribution in [3.8, 4) is 0 Å². The summed E-state index contributed by atoms with van der Waals surface area (Å²) < 4.78 is 10.3. The van der Waals surface area contributed by atoms with Gasteiger partial charge in [0.15, 0.2) is 0 Å². The molecule has 1 aliphatic heterocycles. The van der Waals surface area contributed by atoms with Crippen LogP contribution in [-0.4, -0.2) is 67.6 Å². The van der Waals surface area contributed by atoms with Crippen LogP contribution in [0.15, 0.2) is 42.5 Å². The van der Waals surface area contributed by atoms with Crippen LogP contribution in [-0.2, 0) is 35.3 Å². The second-order valence-electron chi connectivity index (χ2n) is 11.0. The van der Waals surface area contributed by atoms with Gasteiger partial charge in [0.2, 0.25) is 17.7 Å². The van der Waals surface area contributed by atoms with Crippen LogP contribution >= 0.6 is 0 Å². The maximum atomic E-state index is 13.5. The maximum Gasteiger partial charge on any atom is 0.408 e. The standard InChI is InChI=1S/C31H47N5O7/c1-4-42-27(37)14-13-24(19-23-15-17-33-28(23)38)34-30(40)26(18-21(2)3)35-29(39)25(12-8-9-16-32)36-31(41)43-20-22-10-6-5-7-11-22/h5-7,10-11,13-14,21,23-26H,4,8-9,12,15-20,32H2,1-3H3,(H,33,38)(H,34,40)(H,35,39)(H,36,41)/b14-13+/t23-,24+,25+,26-/m0/s1. The quantitative estimate of drug-likeness (QED) is 0.0964. The molecule has 0 spiro atoms. The Morgan fingerprint density at radius 2 is 1.74 bits per heavy atom. The molecule has 0 radical (unpaired) electrons. The molecule has 1 aromatic rings. The Hall–Kier alpha value is -3.93. The Balaban J connectivity index is 2.13. The lowest BCUT2D eigenvalue weighted by atomic mass is 9.96. The van der Waals surface area contributed by atoms with E-state index in [1.54, 1.807) is 6.92 Å². The minimum Gasteiger partial charge on any atom is -0.463 e. The third-order valence-electron chi connectivity index (χ3n) is 6.89. The van der Waals surface area contributed by atoms with Gasteiger partial charge in [-0.3, -0.25) is 14.4 Å². The minimum atomic E-state index is -0.945. The number of esters is 1. The Bertz CT molecular complexity index is 1080. The van der Waals surface area contributed by atoms with Crippen molar-refractivity contribution < 1.29 is 33.4 Å². The molecule has 0 bridgehead atoms. The maximum absolute atomic E-state index is 13.5. The summed E-state index contributed by atoms with van der Waals surface area (Å²) in [5.41, 5.74) is 6.43. The first-order valence-electron chi connectivity index (χ1n) is 15.0. The minimum absolute atomic E-state index is 0.0436. The van der Waals surface area contributed by atoms with Gasteiger partial charge >= 0.3 is 12.1 Å². The summed E-state index contributed by atoms with van der Waals surface area (Å²) in [5.74, 6) is -1.94. The van der Waals surface area contributed by atoms with Gasteiger partial charge < -0.3 is 36.5 Å². The number of ether oxygens (including phenoxy) is 2. The van der Waals surface area contributed by atoms with Crippen LogP contribution in [0, 0.1) is 11.8 Å². The van der Waals surface area contributed by atoms with Gasteiger partial charge in [-0.2, -0.15) is 0 Å². The van der Waals surface area contributed by atoms with E-state index in [2.05, 4.69) is 21.3 Å². The molecule has 0 aromatic heterocycles. The Labute approximate surface area is 253 Å². The number of nitrogens with two attached hydrogens (primary N) is 1. The third-order valence-corrected chi connectivity index (χ3v) is 6.89. The predicted octanol–water partition coefficient (Wildman–Crippen LogP) is 2.07. The fraction of sp³-hybridized carbons (Fsp3) is 0.581. The van der Waals surface area contributed by atoms with Crippen molar-refractivity contribution in [2.45, 2.75) is 84.0 Å². The zero-order valence-corrected chi connectivity index (χ0v) is 25.4. The van der Waals surface area contributed by atoms with Crippen LogP contribution < -0.4 is 27.0 Å². The molecule has 12 heteroatoms. The molecule has 238 valence electrons. The average molecular weight is 602 g/mol. The number of amides is 4. The van der Waals surface area contributed by atoms with Gasteiger partial charge in [-0.1, -0.05) is 50.3 Å². The Morgan fingerprint density at radius 3 is 2.37 bits per heavy atom. The number of alkyl carbamates (subject to hydrolysis) is 1. The first kappa shape index (κ1) is 35.3. The third kappa shape index (κ3) is 13.7. The number of hydrogen-bond donors (Lipinski definition) is 5. The number of benzene rings is 1. The summed E-state index contributed by atoms with van der Waals surface area (Å²) in [7, 11) is 0. The lowest BCUT2D eigenvalue weighted by molar-refractivity contribution is -0.137. The molecule has 0 saturated carbocycles. The monoisotopic (exact) mass is 601 g/mol. The van der Waals surface area contributed by atoms with Crippen LogP contribution in [0.3, 0.4) is 0 Å². The van der Waals surface area contributed by atoms with Gasteiger partial charge in [0, 0.05) is 24.6 Å². The van der Waals surface area contributed by atoms with Gasteiger partial charge in [0.25, 0.3) is 0 Å². The SMILES string of the molecule is CCOC(=O)/C=C/[C@H](C[C@@H]1CCNC1=O)NC(=O)[C@H](CC(C)C)NC(=O)[C@@H](CCCCN)NC(=O)OCc1ccccc1. The van der Waals surface area contributed by atoms with Gasteiger partial charge in [0.1, 0.15) is 18.7 Å². The molecule has 0 aliphatic carbocycles. The van der Waals surface area contributed by atoms with Crippen LogP contribution in [0.4, 0.5) is 4.79 Å². The highest BCUT2D eigenvalue weighted by molar-refractivity contribution is 5.91. The first-order valence-corrected chi connectivity index (χ1v) is 15.0. The highest BCUT2D eigenvalue weighted by Crippen LogP contribution is 2.17. The lowest BCUT2D eigenvalue weighted by Gasteiger charge is -2.26. The molecule has 12 nitrogen and oxygen atoms in total. The number of nitrogens with one attached hydrogen (secondary N) is 4. The zero-order valence-electron chi connectivity index (χ0n) is 25.4. The van der Waals surface area contributed by atoms with Crippen molar-refractivity contribution in [1.82, 2.24) is 21.3 Å². The fourth-order valence-electron chi connectivity index (χ4n) is 4.67. The summed E-state index contributed by atoms with van der Waals surface area (Å²) in [6.07, 6.45) is 4.76. The largest absolute Gasteiger partial charge is 0.463 e. The van der Waals surface area contributed by atoms with Crippen molar-refractivity contribution in [1.29, 1.82) is 0 Å². The van der Waals surface area contributed by atoms with E-state index in [0.29, 0.717) is 45.2 Å². The Morgan fingerprint density at radius 1 is 1.02 bits per heavy atom. The van der Waals surface area contributed by atoms with Crippen molar-refractivity contribution in [2.75, 3.05) is 19.7 Å². The number of unbranched alkanes of at least 4 members (excludes halogenated alkanes) is 1. The summed E-state index contributed by atoms with van der Waals surface area (Å²) in [5, 5.41) is 11.1. The molecular formula is C31H47N5O7. The number of carbonyl (C=O) groups is 5. The molecular weight excluding hydrogens is 554 g/mol. The van der Waals surface area contributed by atoms with E-state index in [1.165, 1.54) is 12.2 Å². The molecule has 1 aromatic carbocycles. The average Bonchev–Trinajstić information content (AvgIpc) is 3.38. The first-order chi connectivity index (χ1) is 20.6. The zero-order chi connectivity index (χ0) is 31.6. The van der Waals surface area contributed by atoms with Crippen molar-refractivity contribution in [2.24, 2.45) is 17.6 Å². The van der Waals surface area contributed by atoms with Gasteiger partial charge in [-0.25, -0.2) is 9.59 Å². The predicted molar refractivity (Wildman–Crippen MR) is 161 cm³/mol. The molecule has 0 unspecified atom stereocenters. The Kier molecular flexibility index (Phi) is 15.8. The smallest absolute Gasteiger partial charge is 0.408 e. The van der Waals surface area contributed by atoms with Crippen molar-refractivity contribution in [3.05, 3.63) is 48.0 Å². The highest BCUT2D eigenvalue weighted by Gasteiger charge is 2.31. The topological polar surface area (TPSA) is 178 Å². The number of hydrogen-bond acceptors (Lipinski definition) is 8. The van der Waals surface area contributed by atoms with Crippen molar-refractivity contribution in [3.63, 3.8) is 0 Å². The second-order valence-corrected chi connectivity index (χ2v) is 11.0. The van der Waals surface area contributed by atoms with Crippen LogP contribution in [0.5, 0.6) is 0 Å². The summed E-state index contributed by atoms with van der Waals surface area (Å²) in [4.78, 5) is 63.7. The molecule has 43 heavy (non-hydrogen) atoms. The molecule has 6 N–H and O–H groups in total. The number of rotatable bonds is 18. The van der Waals surface area contributed by atoms with Gasteiger partial charge in [-0.15, -0.1) is 0 Å². The number of carbonyl (C=O) groups excluding carboxylic acids is 5. The summed E-state index contributed by atoms with van der Waals surface area (Å²) in [6, 6.07) is 6.64. The second kappa shape index (κ2) is 19.3. The van der Waals surface area contributed by atoms with E-state index < -0.39 is 42.0 Å². The molecule has 1 fully saturated rings. The van der Waals surface area contributed by atoms with Gasteiger partial charge in [-0.05, 0) is 63.5 Å². The van der Waals surface area contributed by atoms with E-state index >= 15 is 0 Å². The van der Waals surface area contributed by atoms with Crippen LogP contribution in [0.25, 0.3) is 0 Å². The van der Waals surface area contributed by atoms with Crippen molar-refractivity contribution >= 4 is 29.8 Å². The van der Waals surface area contributed by atoms with E-state index in [9.17, 15) is 24.0 Å². The molecule has 4 atom stereocenters. The lowest BCUT2D eigenvalue weighted by Crippen LogP contribution is -2.55. The molecule has 1 aliphatic rings. The van der Waals surface area contributed by atoms with E-state index in [4.69, 9.17) is 15.2 Å². The molecule has 1 saturated heterocycles. The normalized spacial score (nSPS) is 16.7. The fourth-order valence-corrected chi connectivity index (χ4v) is 4.67. The van der Waals surface area contributed by atoms with Crippen LogP contribution in [0.2, 0.25) is 0 Å². The molecule has 4 amide bonds. The van der Waals surface area contributed by atoms with Crippen LogP contribution in [0.1, 0.15) is 64.9 Å². The molecule has 2 rings (SSSR count). The van der Waals surface area contributed by atoms with E-state index in [-0.39, 0.29) is 37.4 Å². The van der Waals surface area contributed by atoms with E-state index in [0.717, 1.165) is 5.56 Å². The highest BCUT2D eigenvalue weighted by atomic mass is 16.5. The van der Waals surface area contributed by atoms with Gasteiger partial charge in [0.05, 0.1) is 6.61 Å². The molecule has 1 heterocycles. The van der Waals surface area contributed by atoms with E-state index in [1.807, 2.05) is 44.2 Å².